The van der Waals surface area contributed by atoms with E-state index in [1.165, 1.54) is 38.8 Å². The van der Waals surface area contributed by atoms with E-state index in [0.29, 0.717) is 12.1 Å². The maximum absolute atomic E-state index is 3.67. The first kappa shape index (κ1) is 15.0. The molecule has 0 bridgehead atoms. The zero-order valence-electron chi connectivity index (χ0n) is 12.5. The molecule has 0 saturated carbocycles. The number of hydrogen-bond acceptors (Lipinski definition) is 2. The highest BCUT2D eigenvalue weighted by Crippen LogP contribution is 2.17. The second-order valence-corrected chi connectivity index (χ2v) is 6.42. The van der Waals surface area contributed by atoms with Gasteiger partial charge in [-0.3, -0.25) is 4.90 Å². The van der Waals surface area contributed by atoms with Crippen LogP contribution in [0.25, 0.3) is 0 Å². The SMILES string of the molecule is CC(C)CC(C)N(CC1CCCCN1)C(C)C. The normalized spacial score (nSPS) is 23.6. The van der Waals surface area contributed by atoms with Crippen LogP contribution in [0.4, 0.5) is 0 Å². The van der Waals surface area contributed by atoms with Gasteiger partial charge in [-0.2, -0.15) is 0 Å². The molecule has 2 nitrogen and oxygen atoms in total. The minimum absolute atomic E-state index is 0.660. The molecule has 1 N–H and O–H groups in total. The van der Waals surface area contributed by atoms with Crippen molar-refractivity contribution in [3.05, 3.63) is 0 Å². The molecule has 1 saturated heterocycles. The molecule has 17 heavy (non-hydrogen) atoms. The lowest BCUT2D eigenvalue weighted by atomic mass is 9.99. The Labute approximate surface area is 108 Å². The highest BCUT2D eigenvalue weighted by molar-refractivity contribution is 4.81. The molecular weight excluding hydrogens is 208 g/mol. The summed E-state index contributed by atoms with van der Waals surface area (Å²) in [5, 5.41) is 3.67. The molecule has 0 aliphatic carbocycles. The third kappa shape index (κ3) is 5.39. The standard InChI is InChI=1S/C15H32N2/c1-12(2)10-14(5)17(13(3)4)11-15-8-6-7-9-16-15/h12-16H,6-11H2,1-5H3. The number of hydrogen-bond donors (Lipinski definition) is 1. The van der Waals surface area contributed by atoms with Crippen molar-refractivity contribution in [1.82, 2.24) is 10.2 Å². The summed E-state index contributed by atoms with van der Waals surface area (Å²) in [6, 6.07) is 2.09. The molecule has 0 radical (unpaired) electrons. The molecule has 0 amide bonds. The van der Waals surface area contributed by atoms with Crippen molar-refractivity contribution in [2.45, 2.75) is 78.4 Å². The number of piperidine rings is 1. The van der Waals surface area contributed by atoms with Gasteiger partial charge < -0.3 is 5.32 Å². The largest absolute Gasteiger partial charge is 0.313 e. The average molecular weight is 240 g/mol. The molecule has 1 heterocycles. The van der Waals surface area contributed by atoms with Crippen molar-refractivity contribution in [1.29, 1.82) is 0 Å². The van der Waals surface area contributed by atoms with Crippen molar-refractivity contribution in [2.75, 3.05) is 13.1 Å². The predicted molar refractivity (Wildman–Crippen MR) is 76.4 cm³/mol. The second-order valence-electron chi connectivity index (χ2n) is 6.42. The highest BCUT2D eigenvalue weighted by atomic mass is 15.2. The maximum atomic E-state index is 3.67. The molecule has 0 aromatic heterocycles. The molecule has 102 valence electrons. The monoisotopic (exact) mass is 240 g/mol. The van der Waals surface area contributed by atoms with E-state index in [4.69, 9.17) is 0 Å². The molecule has 0 aromatic rings. The Morgan fingerprint density at radius 3 is 2.29 bits per heavy atom. The van der Waals surface area contributed by atoms with Gasteiger partial charge in [0.25, 0.3) is 0 Å². The molecule has 1 rings (SSSR count). The van der Waals surface area contributed by atoms with Gasteiger partial charge in [0, 0.05) is 24.7 Å². The Hall–Kier alpha value is -0.0800. The lowest BCUT2D eigenvalue weighted by Crippen LogP contribution is -2.49. The van der Waals surface area contributed by atoms with E-state index in [1.807, 2.05) is 0 Å². The van der Waals surface area contributed by atoms with Gasteiger partial charge in [0.05, 0.1) is 0 Å². The summed E-state index contributed by atoms with van der Waals surface area (Å²) in [5.41, 5.74) is 0. The van der Waals surface area contributed by atoms with E-state index in [-0.39, 0.29) is 0 Å². The molecule has 1 aliphatic rings. The molecule has 0 aromatic carbocycles. The van der Waals surface area contributed by atoms with E-state index in [1.54, 1.807) is 0 Å². The summed E-state index contributed by atoms with van der Waals surface area (Å²) in [5.74, 6) is 0.797. The van der Waals surface area contributed by atoms with Crippen LogP contribution in [0.1, 0.15) is 60.3 Å². The molecule has 1 fully saturated rings. The number of nitrogens with one attached hydrogen (secondary N) is 1. The fourth-order valence-corrected chi connectivity index (χ4v) is 3.05. The first-order valence-corrected chi connectivity index (χ1v) is 7.49. The second kappa shape index (κ2) is 7.38. The Morgan fingerprint density at radius 1 is 1.12 bits per heavy atom. The minimum Gasteiger partial charge on any atom is -0.313 e. The Bertz CT molecular complexity index is 195. The predicted octanol–water partition coefficient (Wildman–Crippen LogP) is 3.27. The summed E-state index contributed by atoms with van der Waals surface area (Å²) in [4.78, 5) is 2.68. The van der Waals surface area contributed by atoms with Crippen molar-refractivity contribution < 1.29 is 0 Å². The third-order valence-electron chi connectivity index (χ3n) is 3.89. The Morgan fingerprint density at radius 2 is 1.82 bits per heavy atom. The first-order valence-electron chi connectivity index (χ1n) is 7.49. The maximum Gasteiger partial charge on any atom is 0.0195 e. The van der Waals surface area contributed by atoms with Crippen LogP contribution in [0.15, 0.2) is 0 Å². The fourth-order valence-electron chi connectivity index (χ4n) is 3.05. The van der Waals surface area contributed by atoms with Crippen molar-refractivity contribution >= 4 is 0 Å². The van der Waals surface area contributed by atoms with Crippen LogP contribution < -0.4 is 5.32 Å². The Balaban J connectivity index is 2.46. The van der Waals surface area contributed by atoms with E-state index in [0.717, 1.165) is 12.0 Å². The lowest BCUT2D eigenvalue weighted by Gasteiger charge is -2.38. The van der Waals surface area contributed by atoms with E-state index in [2.05, 4.69) is 44.8 Å². The zero-order valence-corrected chi connectivity index (χ0v) is 12.5. The zero-order chi connectivity index (χ0) is 12.8. The van der Waals surface area contributed by atoms with Gasteiger partial charge in [-0.25, -0.2) is 0 Å². The van der Waals surface area contributed by atoms with Crippen LogP contribution in [0.2, 0.25) is 0 Å². The van der Waals surface area contributed by atoms with Gasteiger partial charge in [-0.15, -0.1) is 0 Å². The average Bonchev–Trinajstić information content (AvgIpc) is 2.25. The van der Waals surface area contributed by atoms with Gasteiger partial charge in [0.15, 0.2) is 0 Å². The summed E-state index contributed by atoms with van der Waals surface area (Å²) >= 11 is 0. The van der Waals surface area contributed by atoms with Crippen LogP contribution in [0.3, 0.4) is 0 Å². The molecule has 2 atom stereocenters. The van der Waals surface area contributed by atoms with Crippen LogP contribution in [-0.4, -0.2) is 36.1 Å². The van der Waals surface area contributed by atoms with Gasteiger partial charge in [-0.1, -0.05) is 20.3 Å². The van der Waals surface area contributed by atoms with Crippen molar-refractivity contribution in [2.24, 2.45) is 5.92 Å². The smallest absolute Gasteiger partial charge is 0.0195 e. The van der Waals surface area contributed by atoms with Gasteiger partial charge in [0.1, 0.15) is 0 Å². The van der Waals surface area contributed by atoms with Crippen molar-refractivity contribution in [3.63, 3.8) is 0 Å². The molecule has 2 unspecified atom stereocenters. The van der Waals surface area contributed by atoms with E-state index >= 15 is 0 Å². The molecule has 0 spiro atoms. The summed E-state index contributed by atoms with van der Waals surface area (Å²) in [6.45, 7) is 14.2. The number of rotatable bonds is 6. The first-order chi connectivity index (χ1) is 8.00. The summed E-state index contributed by atoms with van der Waals surface area (Å²) in [7, 11) is 0. The van der Waals surface area contributed by atoms with Gasteiger partial charge >= 0.3 is 0 Å². The van der Waals surface area contributed by atoms with Crippen LogP contribution in [-0.2, 0) is 0 Å². The summed E-state index contributed by atoms with van der Waals surface area (Å²) < 4.78 is 0. The van der Waals surface area contributed by atoms with Crippen molar-refractivity contribution in [3.8, 4) is 0 Å². The molecular formula is C15H32N2. The molecule has 2 heteroatoms. The summed E-state index contributed by atoms with van der Waals surface area (Å²) in [6.07, 6.45) is 5.43. The fraction of sp³-hybridized carbons (Fsp3) is 1.00. The van der Waals surface area contributed by atoms with E-state index < -0.39 is 0 Å². The lowest BCUT2D eigenvalue weighted by molar-refractivity contribution is 0.123. The minimum atomic E-state index is 0.660. The third-order valence-corrected chi connectivity index (χ3v) is 3.89. The van der Waals surface area contributed by atoms with Crippen LogP contribution >= 0.6 is 0 Å². The van der Waals surface area contributed by atoms with E-state index in [9.17, 15) is 0 Å². The Kier molecular flexibility index (Phi) is 6.50. The van der Waals surface area contributed by atoms with Crippen LogP contribution in [0.5, 0.6) is 0 Å². The highest BCUT2D eigenvalue weighted by Gasteiger charge is 2.22. The topological polar surface area (TPSA) is 15.3 Å². The molecule has 1 aliphatic heterocycles. The quantitative estimate of drug-likeness (QED) is 0.766. The number of nitrogens with zero attached hydrogens (tertiary/aromatic N) is 1. The van der Waals surface area contributed by atoms with Gasteiger partial charge in [0.2, 0.25) is 0 Å². The van der Waals surface area contributed by atoms with Gasteiger partial charge in [-0.05, 0) is 52.5 Å². The van der Waals surface area contributed by atoms with Crippen LogP contribution in [0, 0.1) is 5.92 Å².